The zero-order chi connectivity index (χ0) is 15.1. The number of hydrogen-bond acceptors (Lipinski definition) is 2. The van der Waals surface area contributed by atoms with Crippen LogP contribution < -0.4 is 0 Å². The predicted octanol–water partition coefficient (Wildman–Crippen LogP) is 2.90. The summed E-state index contributed by atoms with van der Waals surface area (Å²) in [5.74, 6) is 0. The van der Waals surface area contributed by atoms with Crippen molar-refractivity contribution in [3.05, 3.63) is 53.2 Å². The third-order valence-electron chi connectivity index (χ3n) is 4.76. The fraction of sp³-hybridized carbons (Fsp3) is 0.389. The number of fused-ring (bicyclic) bond motifs is 3. The summed E-state index contributed by atoms with van der Waals surface area (Å²) in [5, 5.41) is 1.44. The van der Waals surface area contributed by atoms with Crippen molar-refractivity contribution in [3.8, 4) is 0 Å². The molecule has 0 atom stereocenters. The standard InChI is InChI=1S/C18H22N4/c1-13-3-4-17-15(9-13)16-11-21(2)7-6-18(16)22(17)8-5-14-10-19-12-20-14/h3-4,9-10,12H,5-8,11H2,1-2H3,(H,19,20). The first-order valence-electron chi connectivity index (χ1n) is 7.99. The molecule has 3 aromatic rings. The first kappa shape index (κ1) is 13.6. The minimum absolute atomic E-state index is 1.000. The lowest BCUT2D eigenvalue weighted by atomic mass is 10.0. The van der Waals surface area contributed by atoms with Crippen LogP contribution in [0.25, 0.3) is 10.9 Å². The van der Waals surface area contributed by atoms with Gasteiger partial charge in [0.25, 0.3) is 0 Å². The Balaban J connectivity index is 1.79. The summed E-state index contributed by atoms with van der Waals surface area (Å²) in [7, 11) is 2.21. The second-order valence-electron chi connectivity index (χ2n) is 6.41. The number of benzene rings is 1. The van der Waals surface area contributed by atoms with E-state index in [9.17, 15) is 0 Å². The largest absolute Gasteiger partial charge is 0.348 e. The van der Waals surface area contributed by atoms with Crippen LogP contribution in [-0.4, -0.2) is 33.0 Å². The third-order valence-corrected chi connectivity index (χ3v) is 4.76. The topological polar surface area (TPSA) is 36.9 Å². The van der Waals surface area contributed by atoms with E-state index in [2.05, 4.69) is 51.6 Å². The average molecular weight is 294 g/mol. The Morgan fingerprint density at radius 3 is 3.05 bits per heavy atom. The van der Waals surface area contributed by atoms with Gasteiger partial charge in [-0.05, 0) is 31.7 Å². The van der Waals surface area contributed by atoms with E-state index in [0.717, 1.165) is 32.5 Å². The van der Waals surface area contributed by atoms with Gasteiger partial charge in [0.05, 0.1) is 6.33 Å². The van der Waals surface area contributed by atoms with Crippen molar-refractivity contribution in [3.63, 3.8) is 0 Å². The Morgan fingerprint density at radius 1 is 1.32 bits per heavy atom. The molecule has 1 aromatic carbocycles. The normalized spacial score (nSPS) is 15.4. The van der Waals surface area contributed by atoms with Crippen molar-refractivity contribution in [1.82, 2.24) is 19.4 Å². The molecule has 1 aliphatic rings. The Labute approximate surface area is 130 Å². The molecular formula is C18H22N4. The summed E-state index contributed by atoms with van der Waals surface area (Å²) < 4.78 is 2.53. The summed E-state index contributed by atoms with van der Waals surface area (Å²) in [6.07, 6.45) is 5.83. The van der Waals surface area contributed by atoms with Crippen LogP contribution in [0.5, 0.6) is 0 Å². The maximum atomic E-state index is 4.12. The monoisotopic (exact) mass is 294 g/mol. The van der Waals surface area contributed by atoms with E-state index in [1.165, 1.54) is 33.4 Å². The lowest BCUT2D eigenvalue weighted by Gasteiger charge is -2.24. The molecule has 4 heteroatoms. The summed E-state index contributed by atoms with van der Waals surface area (Å²) in [5.41, 5.74) is 6.98. The number of nitrogens with one attached hydrogen (secondary N) is 1. The third kappa shape index (κ3) is 2.24. The minimum Gasteiger partial charge on any atom is -0.348 e. The molecule has 2 aromatic heterocycles. The second-order valence-corrected chi connectivity index (χ2v) is 6.41. The summed E-state index contributed by atoms with van der Waals surface area (Å²) in [6.45, 7) is 5.40. The van der Waals surface area contributed by atoms with Crippen LogP contribution in [-0.2, 0) is 25.9 Å². The van der Waals surface area contributed by atoms with Crippen molar-refractivity contribution < 1.29 is 0 Å². The summed E-state index contributed by atoms with van der Waals surface area (Å²) in [4.78, 5) is 9.75. The quantitative estimate of drug-likeness (QED) is 0.806. The fourth-order valence-corrected chi connectivity index (χ4v) is 3.61. The Bertz CT molecular complexity index is 798. The highest BCUT2D eigenvalue weighted by molar-refractivity contribution is 5.86. The molecule has 4 rings (SSSR count). The van der Waals surface area contributed by atoms with E-state index in [0.29, 0.717) is 0 Å². The molecule has 1 aliphatic heterocycles. The zero-order valence-electron chi connectivity index (χ0n) is 13.3. The van der Waals surface area contributed by atoms with Crippen LogP contribution in [0, 0.1) is 6.92 Å². The van der Waals surface area contributed by atoms with Crippen LogP contribution >= 0.6 is 0 Å². The molecule has 22 heavy (non-hydrogen) atoms. The summed E-state index contributed by atoms with van der Waals surface area (Å²) >= 11 is 0. The molecule has 0 unspecified atom stereocenters. The summed E-state index contributed by atoms with van der Waals surface area (Å²) in [6, 6.07) is 6.86. The van der Waals surface area contributed by atoms with Crippen LogP contribution in [0.2, 0.25) is 0 Å². The van der Waals surface area contributed by atoms with Crippen molar-refractivity contribution in [2.24, 2.45) is 0 Å². The number of aromatic amines is 1. The van der Waals surface area contributed by atoms with Gasteiger partial charge in [0.15, 0.2) is 0 Å². The molecule has 0 radical (unpaired) electrons. The van der Waals surface area contributed by atoms with Crippen LogP contribution in [0.4, 0.5) is 0 Å². The van der Waals surface area contributed by atoms with Gasteiger partial charge in [-0.1, -0.05) is 11.6 Å². The number of likely N-dealkylation sites (N-methyl/N-ethyl adjacent to an activating group) is 1. The van der Waals surface area contributed by atoms with Crippen LogP contribution in [0.1, 0.15) is 22.5 Å². The van der Waals surface area contributed by atoms with E-state index in [1.807, 2.05) is 6.20 Å². The van der Waals surface area contributed by atoms with Gasteiger partial charge < -0.3 is 14.5 Å². The van der Waals surface area contributed by atoms with E-state index in [4.69, 9.17) is 0 Å². The van der Waals surface area contributed by atoms with E-state index >= 15 is 0 Å². The highest BCUT2D eigenvalue weighted by atomic mass is 15.1. The van der Waals surface area contributed by atoms with E-state index < -0.39 is 0 Å². The molecule has 0 bridgehead atoms. The second kappa shape index (κ2) is 5.29. The van der Waals surface area contributed by atoms with Crippen LogP contribution in [0.15, 0.2) is 30.7 Å². The smallest absolute Gasteiger partial charge is 0.0921 e. The van der Waals surface area contributed by atoms with Gasteiger partial charge in [-0.15, -0.1) is 0 Å². The number of hydrogen-bond donors (Lipinski definition) is 1. The number of nitrogens with zero attached hydrogens (tertiary/aromatic N) is 3. The van der Waals surface area contributed by atoms with E-state index in [1.54, 1.807) is 6.33 Å². The first-order valence-corrected chi connectivity index (χ1v) is 7.99. The molecule has 0 saturated carbocycles. The SMILES string of the molecule is Cc1ccc2c(c1)c1c(n2CCc2cnc[nH]2)CCN(C)C1. The molecule has 0 amide bonds. The molecular weight excluding hydrogens is 272 g/mol. The Kier molecular flexibility index (Phi) is 3.26. The van der Waals surface area contributed by atoms with Gasteiger partial charge in [-0.2, -0.15) is 0 Å². The predicted molar refractivity (Wildman–Crippen MR) is 89.0 cm³/mol. The highest BCUT2D eigenvalue weighted by Gasteiger charge is 2.22. The van der Waals surface area contributed by atoms with Gasteiger partial charge in [0.1, 0.15) is 0 Å². The number of aryl methyl sites for hydroxylation is 3. The number of rotatable bonds is 3. The Morgan fingerprint density at radius 2 is 2.23 bits per heavy atom. The number of H-pyrrole nitrogens is 1. The van der Waals surface area contributed by atoms with Gasteiger partial charge in [0, 0.05) is 61.0 Å². The number of aromatic nitrogens is 3. The van der Waals surface area contributed by atoms with E-state index in [-0.39, 0.29) is 0 Å². The minimum atomic E-state index is 1.000. The molecule has 3 heterocycles. The molecule has 0 aliphatic carbocycles. The first-order chi connectivity index (χ1) is 10.7. The molecule has 114 valence electrons. The molecule has 1 N–H and O–H groups in total. The highest BCUT2D eigenvalue weighted by Crippen LogP contribution is 2.31. The van der Waals surface area contributed by atoms with Crippen molar-refractivity contribution in [1.29, 1.82) is 0 Å². The molecule has 0 saturated heterocycles. The molecule has 0 spiro atoms. The maximum Gasteiger partial charge on any atom is 0.0921 e. The number of imidazole rings is 1. The zero-order valence-corrected chi connectivity index (χ0v) is 13.3. The van der Waals surface area contributed by atoms with Gasteiger partial charge in [0.2, 0.25) is 0 Å². The fourth-order valence-electron chi connectivity index (χ4n) is 3.61. The van der Waals surface area contributed by atoms with Gasteiger partial charge in [-0.3, -0.25) is 0 Å². The van der Waals surface area contributed by atoms with Crippen LogP contribution in [0.3, 0.4) is 0 Å². The average Bonchev–Trinajstić information content (AvgIpc) is 3.11. The van der Waals surface area contributed by atoms with Crippen molar-refractivity contribution >= 4 is 10.9 Å². The van der Waals surface area contributed by atoms with Gasteiger partial charge >= 0.3 is 0 Å². The molecule has 0 fully saturated rings. The Hall–Kier alpha value is -2.07. The molecule has 4 nitrogen and oxygen atoms in total. The van der Waals surface area contributed by atoms with Crippen molar-refractivity contribution in [2.45, 2.75) is 32.9 Å². The van der Waals surface area contributed by atoms with Crippen molar-refractivity contribution in [2.75, 3.05) is 13.6 Å². The lowest BCUT2D eigenvalue weighted by molar-refractivity contribution is 0.309. The van der Waals surface area contributed by atoms with Gasteiger partial charge in [-0.25, -0.2) is 4.98 Å². The maximum absolute atomic E-state index is 4.12. The lowest BCUT2D eigenvalue weighted by Crippen LogP contribution is -2.27.